The van der Waals surface area contributed by atoms with Gasteiger partial charge in [0.25, 0.3) is 5.69 Å². The number of methoxy groups -OCH3 is 1. The SMILES string of the molecule is COc1ccc(C(=O)Oc2ccc(Br)cc2/C=C2/N=C(c3ccc([N+](=O)[O-])cc3)OC2=O)cc1. The van der Waals surface area contributed by atoms with E-state index in [1.54, 1.807) is 42.5 Å². The molecule has 1 aliphatic heterocycles. The van der Waals surface area contributed by atoms with Crippen molar-refractivity contribution in [3.05, 3.63) is 104 Å². The van der Waals surface area contributed by atoms with Crippen LogP contribution >= 0.6 is 15.9 Å². The van der Waals surface area contributed by atoms with Crippen molar-refractivity contribution in [2.45, 2.75) is 0 Å². The molecule has 0 N–H and O–H groups in total. The fourth-order valence-electron chi connectivity index (χ4n) is 3.02. The Hall–Kier alpha value is -4.31. The molecule has 34 heavy (non-hydrogen) atoms. The number of benzene rings is 3. The molecule has 0 atom stereocenters. The summed E-state index contributed by atoms with van der Waals surface area (Å²) in [5.41, 5.74) is 1.02. The summed E-state index contributed by atoms with van der Waals surface area (Å²) < 4.78 is 16.5. The maximum atomic E-state index is 12.6. The molecule has 0 unspecified atom stereocenters. The highest BCUT2D eigenvalue weighted by Crippen LogP contribution is 2.29. The fourth-order valence-corrected chi connectivity index (χ4v) is 3.40. The van der Waals surface area contributed by atoms with Gasteiger partial charge in [0.2, 0.25) is 5.90 Å². The normalized spacial score (nSPS) is 13.9. The summed E-state index contributed by atoms with van der Waals surface area (Å²) in [5, 5.41) is 10.8. The van der Waals surface area contributed by atoms with Crippen LogP contribution in [-0.4, -0.2) is 29.9 Å². The minimum absolute atomic E-state index is 0.0120. The van der Waals surface area contributed by atoms with Crippen molar-refractivity contribution in [1.82, 2.24) is 0 Å². The summed E-state index contributed by atoms with van der Waals surface area (Å²) in [6, 6.07) is 16.8. The lowest BCUT2D eigenvalue weighted by Crippen LogP contribution is -2.09. The Morgan fingerprint density at radius 2 is 1.79 bits per heavy atom. The molecule has 0 spiro atoms. The van der Waals surface area contributed by atoms with E-state index in [2.05, 4.69) is 20.9 Å². The maximum Gasteiger partial charge on any atom is 0.363 e. The van der Waals surface area contributed by atoms with Gasteiger partial charge in [-0.3, -0.25) is 10.1 Å². The Morgan fingerprint density at radius 3 is 2.44 bits per heavy atom. The summed E-state index contributed by atoms with van der Waals surface area (Å²) in [6.07, 6.45) is 1.43. The molecule has 0 aromatic heterocycles. The van der Waals surface area contributed by atoms with Crippen LogP contribution in [0.5, 0.6) is 11.5 Å². The number of rotatable bonds is 6. The Kier molecular flexibility index (Phi) is 6.51. The molecule has 170 valence electrons. The smallest absolute Gasteiger partial charge is 0.363 e. The van der Waals surface area contributed by atoms with Crippen LogP contribution in [0.2, 0.25) is 0 Å². The van der Waals surface area contributed by atoms with Crippen LogP contribution in [0.25, 0.3) is 6.08 Å². The van der Waals surface area contributed by atoms with Crippen LogP contribution in [0.3, 0.4) is 0 Å². The van der Waals surface area contributed by atoms with Gasteiger partial charge in [-0.15, -0.1) is 0 Å². The van der Waals surface area contributed by atoms with Gasteiger partial charge in [-0.2, -0.15) is 0 Å². The van der Waals surface area contributed by atoms with E-state index < -0.39 is 16.9 Å². The second kappa shape index (κ2) is 9.67. The highest BCUT2D eigenvalue weighted by Gasteiger charge is 2.25. The average molecular weight is 523 g/mol. The van der Waals surface area contributed by atoms with Crippen molar-refractivity contribution in [2.24, 2.45) is 4.99 Å². The molecule has 1 aliphatic rings. The Balaban J connectivity index is 1.61. The number of nitro groups is 1. The van der Waals surface area contributed by atoms with Gasteiger partial charge in [0.1, 0.15) is 11.5 Å². The molecule has 0 fully saturated rings. The number of nitro benzene ring substituents is 1. The lowest BCUT2D eigenvalue weighted by atomic mass is 10.1. The Morgan fingerprint density at radius 1 is 1.09 bits per heavy atom. The van der Waals surface area contributed by atoms with Gasteiger partial charge in [-0.1, -0.05) is 15.9 Å². The average Bonchev–Trinajstić information content (AvgIpc) is 3.21. The van der Waals surface area contributed by atoms with Crippen LogP contribution in [0.15, 0.2) is 81.9 Å². The molecule has 1 heterocycles. The molecule has 0 amide bonds. The van der Waals surface area contributed by atoms with Gasteiger partial charge in [0.15, 0.2) is 5.70 Å². The van der Waals surface area contributed by atoms with E-state index in [0.717, 1.165) is 0 Å². The first-order valence-corrected chi connectivity index (χ1v) is 10.6. The van der Waals surface area contributed by atoms with Gasteiger partial charge in [0, 0.05) is 27.7 Å². The third kappa shape index (κ3) is 5.02. The first-order valence-electron chi connectivity index (χ1n) is 9.77. The molecule has 0 bridgehead atoms. The first kappa shape index (κ1) is 22.9. The molecule has 0 saturated carbocycles. The second-order valence-electron chi connectivity index (χ2n) is 6.94. The van der Waals surface area contributed by atoms with Crippen molar-refractivity contribution in [1.29, 1.82) is 0 Å². The second-order valence-corrected chi connectivity index (χ2v) is 7.86. The Bertz CT molecular complexity index is 1350. The predicted octanol–water partition coefficient (Wildman–Crippen LogP) is 4.93. The van der Waals surface area contributed by atoms with Crippen molar-refractivity contribution in [2.75, 3.05) is 7.11 Å². The van der Waals surface area contributed by atoms with E-state index in [1.165, 1.54) is 37.5 Å². The number of carbonyl (C=O) groups is 2. The summed E-state index contributed by atoms with van der Waals surface area (Å²) in [4.78, 5) is 39.5. The highest BCUT2D eigenvalue weighted by atomic mass is 79.9. The molecule has 0 radical (unpaired) electrons. The summed E-state index contributed by atoms with van der Waals surface area (Å²) >= 11 is 3.36. The minimum Gasteiger partial charge on any atom is -0.497 e. The summed E-state index contributed by atoms with van der Waals surface area (Å²) in [5.74, 6) is -0.470. The van der Waals surface area contributed by atoms with Crippen molar-refractivity contribution in [3.63, 3.8) is 0 Å². The molecular formula is C24H15BrN2O7. The summed E-state index contributed by atoms with van der Waals surface area (Å²) in [7, 11) is 1.53. The van der Waals surface area contributed by atoms with Crippen LogP contribution < -0.4 is 9.47 Å². The van der Waals surface area contributed by atoms with Gasteiger partial charge >= 0.3 is 11.9 Å². The third-order valence-corrected chi connectivity index (χ3v) is 5.23. The number of cyclic esters (lactones) is 1. The number of non-ortho nitro benzene ring substituents is 1. The van der Waals surface area contributed by atoms with Gasteiger partial charge in [0.05, 0.1) is 17.6 Å². The minimum atomic E-state index is -0.708. The highest BCUT2D eigenvalue weighted by molar-refractivity contribution is 9.10. The van der Waals surface area contributed by atoms with Crippen LogP contribution in [0.1, 0.15) is 21.5 Å². The number of aliphatic imine (C=N–C) groups is 1. The van der Waals surface area contributed by atoms with Crippen LogP contribution in [-0.2, 0) is 9.53 Å². The predicted molar refractivity (Wildman–Crippen MR) is 126 cm³/mol. The van der Waals surface area contributed by atoms with E-state index in [1.807, 2.05) is 0 Å². The van der Waals surface area contributed by atoms with Crippen molar-refractivity contribution in [3.8, 4) is 11.5 Å². The van der Waals surface area contributed by atoms with E-state index >= 15 is 0 Å². The fraction of sp³-hybridized carbons (Fsp3) is 0.0417. The molecule has 4 rings (SSSR count). The number of hydrogen-bond acceptors (Lipinski definition) is 8. The van der Waals surface area contributed by atoms with Gasteiger partial charge in [-0.25, -0.2) is 14.6 Å². The van der Waals surface area contributed by atoms with Crippen molar-refractivity contribution < 1.29 is 28.7 Å². The van der Waals surface area contributed by atoms with Crippen LogP contribution in [0.4, 0.5) is 5.69 Å². The van der Waals surface area contributed by atoms with Gasteiger partial charge in [-0.05, 0) is 60.7 Å². The van der Waals surface area contributed by atoms with Crippen molar-refractivity contribution >= 4 is 45.5 Å². The first-order chi connectivity index (χ1) is 16.3. The lowest BCUT2D eigenvalue weighted by Gasteiger charge is -2.09. The number of hydrogen-bond donors (Lipinski definition) is 0. The monoisotopic (exact) mass is 522 g/mol. The zero-order valence-corrected chi connectivity index (χ0v) is 19.1. The molecule has 3 aromatic carbocycles. The Labute approximate surface area is 201 Å². The standard InChI is InChI=1S/C24H15BrN2O7/c1-32-19-9-4-15(5-10-19)23(28)33-21-11-6-17(25)12-16(21)13-20-24(29)34-22(26-20)14-2-7-18(8-3-14)27(30)31/h2-13H,1H3/b20-13+. The molecule has 0 saturated heterocycles. The molecule has 3 aromatic rings. The number of carbonyl (C=O) groups excluding carboxylic acids is 2. The maximum absolute atomic E-state index is 12.6. The van der Waals surface area contributed by atoms with E-state index in [0.29, 0.717) is 26.9 Å². The van der Waals surface area contributed by atoms with E-state index in [-0.39, 0.29) is 23.0 Å². The quantitative estimate of drug-likeness (QED) is 0.148. The number of esters is 2. The third-order valence-electron chi connectivity index (χ3n) is 4.74. The molecular weight excluding hydrogens is 508 g/mol. The lowest BCUT2D eigenvalue weighted by molar-refractivity contribution is -0.384. The zero-order valence-electron chi connectivity index (χ0n) is 17.6. The number of ether oxygens (including phenoxy) is 3. The molecule has 0 aliphatic carbocycles. The van der Waals surface area contributed by atoms with E-state index in [4.69, 9.17) is 14.2 Å². The summed E-state index contributed by atoms with van der Waals surface area (Å²) in [6.45, 7) is 0. The van der Waals surface area contributed by atoms with Crippen LogP contribution in [0, 0.1) is 10.1 Å². The number of nitrogens with zero attached hydrogens (tertiary/aromatic N) is 2. The topological polar surface area (TPSA) is 117 Å². The van der Waals surface area contributed by atoms with Gasteiger partial charge < -0.3 is 14.2 Å². The zero-order chi connectivity index (χ0) is 24.2. The van der Waals surface area contributed by atoms with E-state index in [9.17, 15) is 19.7 Å². The molecule has 10 heteroatoms. The largest absolute Gasteiger partial charge is 0.497 e. The number of halogens is 1. The molecule has 9 nitrogen and oxygen atoms in total.